The number of carbonyl (C=O) groups is 1. The quantitative estimate of drug-likeness (QED) is 0.107. The van der Waals surface area contributed by atoms with Crippen molar-refractivity contribution in [3.63, 3.8) is 0 Å². The zero-order chi connectivity index (χ0) is 31.4. The van der Waals surface area contributed by atoms with E-state index >= 15 is 0 Å². The maximum Gasteiger partial charge on any atom is 0.416 e. The van der Waals surface area contributed by atoms with Crippen molar-refractivity contribution in [1.29, 1.82) is 0 Å². The maximum atomic E-state index is 13.7. The van der Waals surface area contributed by atoms with Crippen LogP contribution in [0.25, 0.3) is 11.1 Å². The van der Waals surface area contributed by atoms with Crippen LogP contribution in [-0.2, 0) is 16.2 Å². The van der Waals surface area contributed by atoms with Crippen LogP contribution in [0.2, 0.25) is 0 Å². The molecule has 3 aromatic carbocycles. The molecule has 0 bridgehead atoms. The lowest BCUT2D eigenvalue weighted by molar-refractivity contribution is -0.137. The van der Waals surface area contributed by atoms with Gasteiger partial charge in [-0.1, -0.05) is 18.2 Å². The standard InChI is InChI=1S/C29H30F5N3O5S/c1-43(40,41)36-24-17-22(9-11-25(24)38)35-27(39)23-10-6-20(19-4-7-21(8-5-19)29(32,33)34)16-26(23)42-15-3-14-37-13-2-12-28(30,31)18-37/h4-11,16-17,36,38H,2-3,12-15,18H2,1H3,(H,35,39). The number of nitrogens with one attached hydrogen (secondary N) is 2. The minimum atomic E-state index is -4.50. The molecule has 0 spiro atoms. The Kier molecular flexibility index (Phi) is 9.50. The molecule has 1 aliphatic heterocycles. The first-order chi connectivity index (χ1) is 20.1. The molecule has 1 aliphatic rings. The molecule has 43 heavy (non-hydrogen) atoms. The fourth-order valence-electron chi connectivity index (χ4n) is 4.66. The van der Waals surface area contributed by atoms with Gasteiger partial charge in [-0.15, -0.1) is 0 Å². The van der Waals surface area contributed by atoms with Crippen molar-refractivity contribution >= 4 is 27.3 Å². The summed E-state index contributed by atoms with van der Waals surface area (Å²) in [4.78, 5) is 14.9. The number of hydrogen-bond acceptors (Lipinski definition) is 6. The first-order valence-corrected chi connectivity index (χ1v) is 15.2. The number of benzene rings is 3. The highest BCUT2D eigenvalue weighted by Crippen LogP contribution is 2.34. The van der Waals surface area contributed by atoms with Crippen molar-refractivity contribution in [2.24, 2.45) is 0 Å². The number of carbonyl (C=O) groups excluding carboxylic acids is 1. The van der Waals surface area contributed by atoms with Gasteiger partial charge in [-0.3, -0.25) is 14.4 Å². The second-order valence-corrected chi connectivity index (χ2v) is 12.0. The molecule has 232 valence electrons. The average molecular weight is 628 g/mol. The van der Waals surface area contributed by atoms with Crippen LogP contribution in [0.4, 0.5) is 33.3 Å². The van der Waals surface area contributed by atoms with Crippen LogP contribution in [0.5, 0.6) is 11.5 Å². The van der Waals surface area contributed by atoms with Crippen molar-refractivity contribution in [3.05, 3.63) is 71.8 Å². The second-order valence-electron chi connectivity index (χ2n) is 10.3. The Morgan fingerprint density at radius 3 is 2.40 bits per heavy atom. The Bertz CT molecular complexity index is 1560. The molecule has 1 saturated heterocycles. The predicted octanol–water partition coefficient (Wildman–Crippen LogP) is 6.20. The SMILES string of the molecule is CS(=O)(=O)Nc1cc(NC(=O)c2ccc(-c3ccc(C(F)(F)F)cc3)cc2OCCCN2CCCC(F)(F)C2)ccc1O. The molecule has 14 heteroatoms. The summed E-state index contributed by atoms with van der Waals surface area (Å²) >= 11 is 0. The summed E-state index contributed by atoms with van der Waals surface area (Å²) in [6.45, 7) is 0.613. The third kappa shape index (κ3) is 9.04. The third-order valence-corrected chi connectivity index (χ3v) is 7.26. The van der Waals surface area contributed by atoms with Crippen LogP contribution >= 0.6 is 0 Å². The zero-order valence-electron chi connectivity index (χ0n) is 23.0. The number of anilines is 2. The molecule has 8 nitrogen and oxygen atoms in total. The van der Waals surface area contributed by atoms with E-state index in [0.717, 1.165) is 18.4 Å². The van der Waals surface area contributed by atoms with Gasteiger partial charge >= 0.3 is 6.18 Å². The lowest BCUT2D eigenvalue weighted by Gasteiger charge is -2.32. The molecule has 4 rings (SSSR count). The summed E-state index contributed by atoms with van der Waals surface area (Å²) in [5, 5.41) is 12.6. The molecular formula is C29H30F5N3O5S. The van der Waals surface area contributed by atoms with E-state index in [2.05, 4.69) is 10.0 Å². The van der Waals surface area contributed by atoms with Crippen molar-refractivity contribution < 1.29 is 45.0 Å². The molecular weight excluding hydrogens is 597 g/mol. The fourth-order valence-corrected chi connectivity index (χ4v) is 5.22. The highest BCUT2D eigenvalue weighted by atomic mass is 32.2. The smallest absolute Gasteiger partial charge is 0.416 e. The van der Waals surface area contributed by atoms with Crippen LogP contribution in [0.3, 0.4) is 0 Å². The summed E-state index contributed by atoms with van der Waals surface area (Å²) in [7, 11) is -3.72. The Balaban J connectivity index is 1.55. The van der Waals surface area contributed by atoms with Crippen molar-refractivity contribution in [2.75, 3.05) is 42.5 Å². The van der Waals surface area contributed by atoms with Crippen LogP contribution < -0.4 is 14.8 Å². The molecule has 1 amide bonds. The number of nitrogens with zero attached hydrogens (tertiary/aromatic N) is 1. The van der Waals surface area contributed by atoms with Crippen LogP contribution in [0.15, 0.2) is 60.7 Å². The Morgan fingerprint density at radius 1 is 1.05 bits per heavy atom. The van der Waals surface area contributed by atoms with E-state index in [4.69, 9.17) is 4.74 Å². The third-order valence-electron chi connectivity index (χ3n) is 6.67. The average Bonchev–Trinajstić information content (AvgIpc) is 2.91. The van der Waals surface area contributed by atoms with Crippen LogP contribution in [-0.4, -0.2) is 62.8 Å². The lowest BCUT2D eigenvalue weighted by atomic mass is 10.0. The molecule has 0 unspecified atom stereocenters. The lowest BCUT2D eigenvalue weighted by Crippen LogP contribution is -2.43. The Hall–Kier alpha value is -3.91. The van der Waals surface area contributed by atoms with Gasteiger partial charge in [-0.05, 0) is 73.0 Å². The number of halogens is 5. The van der Waals surface area contributed by atoms with Gasteiger partial charge < -0.3 is 15.2 Å². The van der Waals surface area contributed by atoms with Crippen LogP contribution in [0, 0.1) is 0 Å². The van der Waals surface area contributed by atoms with Gasteiger partial charge in [0.2, 0.25) is 10.0 Å². The highest BCUT2D eigenvalue weighted by molar-refractivity contribution is 7.92. The maximum absolute atomic E-state index is 13.7. The summed E-state index contributed by atoms with van der Waals surface area (Å²) < 4.78 is 97.8. The number of alkyl halides is 5. The number of rotatable bonds is 10. The largest absolute Gasteiger partial charge is 0.506 e. The van der Waals surface area contributed by atoms with Gasteiger partial charge in [-0.25, -0.2) is 17.2 Å². The molecule has 0 radical (unpaired) electrons. The number of hydrogen-bond donors (Lipinski definition) is 3. The molecule has 0 atom stereocenters. The van der Waals surface area contributed by atoms with E-state index in [1.165, 1.54) is 48.5 Å². The summed E-state index contributed by atoms with van der Waals surface area (Å²) in [6.07, 6.45) is -3.00. The van der Waals surface area contributed by atoms with Crippen molar-refractivity contribution in [3.8, 4) is 22.6 Å². The van der Waals surface area contributed by atoms with Gasteiger partial charge in [-0.2, -0.15) is 13.2 Å². The van der Waals surface area contributed by atoms with E-state index in [-0.39, 0.29) is 48.0 Å². The molecule has 3 aromatic rings. The number of sulfonamides is 1. The fraction of sp³-hybridized carbons (Fsp3) is 0.345. The van der Waals surface area contributed by atoms with Gasteiger partial charge in [0.25, 0.3) is 11.8 Å². The molecule has 1 fully saturated rings. The number of phenolic OH excluding ortho intramolecular Hbond substituents is 1. The number of amides is 1. The molecule has 0 aromatic heterocycles. The van der Waals surface area contributed by atoms with Crippen molar-refractivity contribution in [2.45, 2.75) is 31.4 Å². The molecule has 1 heterocycles. The van der Waals surface area contributed by atoms with Gasteiger partial charge in [0.1, 0.15) is 11.5 Å². The zero-order valence-corrected chi connectivity index (χ0v) is 23.9. The minimum Gasteiger partial charge on any atom is -0.506 e. The molecule has 3 N–H and O–H groups in total. The molecule has 0 saturated carbocycles. The van der Waals surface area contributed by atoms with Crippen molar-refractivity contribution in [1.82, 2.24) is 4.90 Å². The number of phenols is 1. The Labute approximate surface area is 245 Å². The topological polar surface area (TPSA) is 108 Å². The number of likely N-dealkylation sites (tertiary alicyclic amines) is 1. The normalized spacial score (nSPS) is 15.6. The first kappa shape index (κ1) is 32.0. The van der Waals surface area contributed by atoms with E-state index < -0.39 is 33.6 Å². The number of ether oxygens (including phenoxy) is 1. The summed E-state index contributed by atoms with van der Waals surface area (Å²) in [5.74, 6) is -3.65. The number of aromatic hydroxyl groups is 1. The first-order valence-electron chi connectivity index (χ1n) is 13.3. The van der Waals surface area contributed by atoms with Gasteiger partial charge in [0.05, 0.1) is 36.2 Å². The van der Waals surface area contributed by atoms with Gasteiger partial charge in [0, 0.05) is 18.7 Å². The van der Waals surface area contributed by atoms with E-state index in [1.807, 2.05) is 0 Å². The van der Waals surface area contributed by atoms with Crippen LogP contribution in [0.1, 0.15) is 35.2 Å². The summed E-state index contributed by atoms with van der Waals surface area (Å²) in [6, 6.07) is 12.7. The molecule has 0 aliphatic carbocycles. The van der Waals surface area contributed by atoms with E-state index in [1.54, 1.807) is 4.90 Å². The number of piperidine rings is 1. The van der Waals surface area contributed by atoms with E-state index in [0.29, 0.717) is 37.1 Å². The highest BCUT2D eigenvalue weighted by Gasteiger charge is 2.34. The van der Waals surface area contributed by atoms with Gasteiger partial charge in [0.15, 0.2) is 0 Å². The minimum absolute atomic E-state index is 0.0610. The monoisotopic (exact) mass is 627 g/mol. The van der Waals surface area contributed by atoms with E-state index in [9.17, 15) is 40.3 Å². The predicted molar refractivity (Wildman–Crippen MR) is 152 cm³/mol. The summed E-state index contributed by atoms with van der Waals surface area (Å²) in [5.41, 5.74) is 0.155. The second kappa shape index (κ2) is 12.8. The Morgan fingerprint density at radius 2 is 1.74 bits per heavy atom.